The maximum Gasteiger partial charge on any atom is 0.308 e. The van der Waals surface area contributed by atoms with Crippen molar-refractivity contribution in [2.24, 2.45) is 5.92 Å². The third-order valence-electron chi connectivity index (χ3n) is 4.00. The van der Waals surface area contributed by atoms with E-state index in [2.05, 4.69) is 15.0 Å². The Bertz CT molecular complexity index is 832. The molecule has 4 N–H and O–H groups in total. The summed E-state index contributed by atoms with van der Waals surface area (Å²) in [5, 5.41) is 20.6. The SMILES string of the molecule is [2H]CC(C)C(=O)OC[C@H]1OC(n2cnc3c(OC)nc(N)nc32)[C@@H](O)[C@@H]1O. The Morgan fingerprint density at radius 3 is 2.96 bits per heavy atom. The molecule has 11 nitrogen and oxygen atoms in total. The number of aliphatic hydroxyl groups is 2. The molecule has 0 aliphatic carbocycles. The predicted molar refractivity (Wildman–Crippen MR) is 88.0 cm³/mol. The largest absolute Gasteiger partial charge is 0.479 e. The average Bonchev–Trinajstić information content (AvgIpc) is 3.20. The van der Waals surface area contributed by atoms with E-state index in [0.29, 0.717) is 5.52 Å². The second-order valence-corrected chi connectivity index (χ2v) is 5.99. The van der Waals surface area contributed by atoms with Crippen LogP contribution in [0.2, 0.25) is 0 Å². The summed E-state index contributed by atoms with van der Waals surface area (Å²) in [7, 11) is 1.41. The molecule has 1 aliphatic rings. The minimum Gasteiger partial charge on any atom is -0.479 e. The Morgan fingerprint density at radius 2 is 2.27 bits per heavy atom. The molecule has 1 fully saturated rings. The van der Waals surface area contributed by atoms with Crippen LogP contribution in [-0.2, 0) is 14.3 Å². The highest BCUT2D eigenvalue weighted by Gasteiger charge is 2.45. The fraction of sp³-hybridized carbons (Fsp3) is 0.600. The molecule has 26 heavy (non-hydrogen) atoms. The van der Waals surface area contributed by atoms with Crippen molar-refractivity contribution in [3.8, 4) is 5.88 Å². The van der Waals surface area contributed by atoms with Gasteiger partial charge in [-0.15, -0.1) is 0 Å². The molecule has 3 heterocycles. The number of carbonyl (C=O) groups excluding carboxylic acids is 1. The van der Waals surface area contributed by atoms with Crippen molar-refractivity contribution in [3.05, 3.63) is 6.33 Å². The molecular formula is C15H21N5O6. The van der Waals surface area contributed by atoms with Gasteiger partial charge in [-0.3, -0.25) is 9.36 Å². The summed E-state index contributed by atoms with van der Waals surface area (Å²) in [6, 6.07) is 0. The van der Waals surface area contributed by atoms with Gasteiger partial charge in [0.25, 0.3) is 0 Å². The van der Waals surface area contributed by atoms with E-state index < -0.39 is 36.4 Å². The van der Waals surface area contributed by atoms with Crippen LogP contribution < -0.4 is 10.5 Å². The van der Waals surface area contributed by atoms with E-state index in [4.69, 9.17) is 21.3 Å². The van der Waals surface area contributed by atoms with Crippen LogP contribution in [0.3, 0.4) is 0 Å². The molecule has 0 spiro atoms. The van der Waals surface area contributed by atoms with Gasteiger partial charge < -0.3 is 30.2 Å². The summed E-state index contributed by atoms with van der Waals surface area (Å²) in [5.74, 6) is -1.05. The molecule has 0 bridgehead atoms. The molecule has 0 saturated carbocycles. The second kappa shape index (κ2) is 7.02. The van der Waals surface area contributed by atoms with Crippen molar-refractivity contribution in [2.75, 3.05) is 19.5 Å². The van der Waals surface area contributed by atoms with Gasteiger partial charge in [0.1, 0.15) is 24.9 Å². The number of aromatic nitrogens is 4. The summed E-state index contributed by atoms with van der Waals surface area (Å²) in [5.41, 5.74) is 6.25. The molecule has 2 unspecified atom stereocenters. The zero-order valence-electron chi connectivity index (χ0n) is 15.3. The minimum absolute atomic E-state index is 0.0519. The van der Waals surface area contributed by atoms with Crippen molar-refractivity contribution in [1.82, 2.24) is 19.5 Å². The van der Waals surface area contributed by atoms with Gasteiger partial charge in [0.15, 0.2) is 17.4 Å². The number of hydrogen-bond donors (Lipinski definition) is 3. The number of esters is 1. The fourth-order valence-corrected chi connectivity index (χ4v) is 2.64. The highest BCUT2D eigenvalue weighted by Crippen LogP contribution is 2.33. The van der Waals surface area contributed by atoms with Crippen LogP contribution in [-0.4, -0.2) is 67.7 Å². The molecule has 5 atom stereocenters. The molecule has 2 aromatic heterocycles. The zero-order chi connectivity index (χ0) is 19.7. The molecular weight excluding hydrogens is 346 g/mol. The van der Waals surface area contributed by atoms with Crippen molar-refractivity contribution in [1.29, 1.82) is 0 Å². The van der Waals surface area contributed by atoms with Crippen LogP contribution in [0.25, 0.3) is 11.2 Å². The normalized spacial score (nSPS) is 27.3. The Morgan fingerprint density at radius 1 is 1.50 bits per heavy atom. The minimum atomic E-state index is -1.32. The van der Waals surface area contributed by atoms with E-state index in [-0.39, 0.29) is 31.0 Å². The molecule has 2 aromatic rings. The van der Waals surface area contributed by atoms with Gasteiger partial charge in [-0.25, -0.2) is 4.98 Å². The summed E-state index contributed by atoms with van der Waals surface area (Å²) in [6.45, 7) is 1.20. The predicted octanol–water partition coefficient (Wildman–Crippen LogP) is -0.764. The number of nitrogens with zero attached hydrogens (tertiary/aromatic N) is 4. The number of aliphatic hydroxyl groups excluding tert-OH is 2. The number of anilines is 1. The van der Waals surface area contributed by atoms with Crippen LogP contribution in [0, 0.1) is 5.92 Å². The number of methoxy groups -OCH3 is 1. The molecule has 1 saturated heterocycles. The number of nitrogen functional groups attached to an aromatic ring is 1. The fourth-order valence-electron chi connectivity index (χ4n) is 2.64. The van der Waals surface area contributed by atoms with E-state index in [9.17, 15) is 15.0 Å². The Hall–Kier alpha value is -2.50. The Kier molecular flexibility index (Phi) is 4.57. The maximum absolute atomic E-state index is 11.7. The second-order valence-electron chi connectivity index (χ2n) is 5.99. The van der Waals surface area contributed by atoms with Crippen LogP contribution >= 0.6 is 0 Å². The highest BCUT2D eigenvalue weighted by atomic mass is 16.6. The smallest absolute Gasteiger partial charge is 0.308 e. The van der Waals surface area contributed by atoms with Gasteiger partial charge in [-0.2, -0.15) is 9.97 Å². The van der Waals surface area contributed by atoms with Crippen LogP contribution in [0.4, 0.5) is 5.95 Å². The first-order chi connectivity index (χ1) is 12.9. The topological polar surface area (TPSA) is 155 Å². The van der Waals surface area contributed by atoms with Crippen molar-refractivity contribution < 1.29 is 30.6 Å². The summed E-state index contributed by atoms with van der Waals surface area (Å²) >= 11 is 0. The van der Waals surface area contributed by atoms with E-state index in [1.165, 1.54) is 18.0 Å². The molecule has 0 radical (unpaired) electrons. The van der Waals surface area contributed by atoms with E-state index in [0.717, 1.165) is 0 Å². The van der Waals surface area contributed by atoms with Gasteiger partial charge in [0, 0.05) is 1.37 Å². The quantitative estimate of drug-likeness (QED) is 0.573. The lowest BCUT2D eigenvalue weighted by atomic mass is 10.1. The van der Waals surface area contributed by atoms with Crippen LogP contribution in [0.1, 0.15) is 21.4 Å². The first-order valence-corrected chi connectivity index (χ1v) is 7.88. The number of carbonyl (C=O) groups is 1. The molecule has 0 aromatic carbocycles. The standard InChI is InChI=1S/C15H21N5O6/c1-6(2)14(23)25-4-7-9(21)10(22)13(26-7)20-5-17-8-11(20)18-15(16)19-12(8)24-3/h5-7,9-10,13,21-22H,4H2,1-3H3,(H2,16,18,19)/t7-,9-,10+,13?/m1/s1/i1D/t6?,7-,9-,10+,13?. The average molecular weight is 368 g/mol. The summed E-state index contributed by atoms with van der Waals surface area (Å²) in [4.78, 5) is 23.9. The van der Waals surface area contributed by atoms with Crippen molar-refractivity contribution >= 4 is 23.1 Å². The molecule has 11 heteroatoms. The summed E-state index contributed by atoms with van der Waals surface area (Å²) in [6.07, 6.45) is -3.24. The lowest BCUT2D eigenvalue weighted by Crippen LogP contribution is -2.34. The van der Waals surface area contributed by atoms with E-state index in [1.54, 1.807) is 6.92 Å². The molecule has 3 rings (SSSR count). The number of ether oxygens (including phenoxy) is 3. The number of fused-ring (bicyclic) bond motifs is 1. The highest BCUT2D eigenvalue weighted by molar-refractivity contribution is 5.77. The Labute approximate surface area is 150 Å². The third-order valence-corrected chi connectivity index (χ3v) is 4.00. The first kappa shape index (κ1) is 16.9. The van der Waals surface area contributed by atoms with Gasteiger partial charge >= 0.3 is 5.97 Å². The van der Waals surface area contributed by atoms with Crippen LogP contribution in [0.15, 0.2) is 6.33 Å². The number of rotatable bonds is 5. The molecule has 142 valence electrons. The molecule has 0 amide bonds. The Balaban J connectivity index is 1.81. The monoisotopic (exact) mass is 368 g/mol. The van der Waals surface area contributed by atoms with E-state index in [1.807, 2.05) is 0 Å². The van der Waals surface area contributed by atoms with Crippen LogP contribution in [0.5, 0.6) is 5.88 Å². The number of nitrogens with two attached hydrogens (primary N) is 1. The zero-order valence-corrected chi connectivity index (χ0v) is 14.3. The van der Waals surface area contributed by atoms with Gasteiger partial charge in [0.05, 0.1) is 19.4 Å². The maximum atomic E-state index is 11.7. The molecule has 1 aliphatic heterocycles. The summed E-state index contributed by atoms with van der Waals surface area (Å²) < 4.78 is 24.4. The lowest BCUT2D eigenvalue weighted by molar-refractivity contribution is -0.153. The lowest BCUT2D eigenvalue weighted by Gasteiger charge is -2.16. The van der Waals surface area contributed by atoms with Gasteiger partial charge in [0.2, 0.25) is 11.8 Å². The number of hydrogen-bond acceptors (Lipinski definition) is 10. The van der Waals surface area contributed by atoms with Gasteiger partial charge in [-0.05, 0) is 0 Å². The third kappa shape index (κ3) is 3.16. The van der Waals surface area contributed by atoms with Crippen molar-refractivity contribution in [2.45, 2.75) is 38.4 Å². The first-order valence-electron chi connectivity index (χ1n) is 8.59. The van der Waals surface area contributed by atoms with Crippen molar-refractivity contribution in [3.63, 3.8) is 0 Å². The van der Waals surface area contributed by atoms with Gasteiger partial charge in [-0.1, -0.05) is 13.8 Å². The number of imidazole rings is 1. The van der Waals surface area contributed by atoms with E-state index >= 15 is 0 Å².